The summed E-state index contributed by atoms with van der Waals surface area (Å²) in [5.74, 6) is 0. The first kappa shape index (κ1) is 20.1. The van der Waals surface area contributed by atoms with Crippen LogP contribution < -0.4 is 10.4 Å². The van der Waals surface area contributed by atoms with Gasteiger partial charge >= 0.3 is 0 Å². The van der Waals surface area contributed by atoms with Gasteiger partial charge in [0.05, 0.1) is 6.10 Å². The Balaban J connectivity index is 1.81. The van der Waals surface area contributed by atoms with Crippen molar-refractivity contribution in [3.05, 3.63) is 78.6 Å². The maximum absolute atomic E-state index is 7.38. The monoisotopic (exact) mass is 404 g/mol. The molecule has 1 aromatic heterocycles. The van der Waals surface area contributed by atoms with Crippen LogP contribution >= 0.6 is 0 Å². The van der Waals surface area contributed by atoms with Crippen LogP contribution in [0.1, 0.15) is 45.7 Å². The van der Waals surface area contributed by atoms with E-state index in [1.54, 1.807) is 0 Å². The molecule has 0 spiro atoms. The predicted molar refractivity (Wildman–Crippen MR) is 122 cm³/mol. The molecule has 0 bridgehead atoms. The molecule has 3 nitrogen and oxygen atoms in total. The Morgan fingerprint density at radius 3 is 2.10 bits per heavy atom. The molecule has 1 aliphatic rings. The Morgan fingerprint density at radius 2 is 1.52 bits per heavy atom. The van der Waals surface area contributed by atoms with Gasteiger partial charge in [-0.25, -0.2) is 0 Å². The average molecular weight is 405 g/mol. The minimum absolute atomic E-state index is 0.0122. The van der Waals surface area contributed by atoms with Gasteiger partial charge in [-0.15, -0.1) is 0 Å². The minimum Gasteiger partial charge on any atom is -0.404 e. The largest absolute Gasteiger partial charge is 0.404 e. The molecule has 0 aliphatic carbocycles. The summed E-state index contributed by atoms with van der Waals surface area (Å²) in [6.45, 7) is 8.08. The van der Waals surface area contributed by atoms with Gasteiger partial charge in [0.25, 0.3) is 8.32 Å². The van der Waals surface area contributed by atoms with Crippen molar-refractivity contribution in [1.82, 2.24) is 9.78 Å². The summed E-state index contributed by atoms with van der Waals surface area (Å²) in [6.07, 6.45) is 6.52. The van der Waals surface area contributed by atoms with Gasteiger partial charge in [-0.05, 0) is 40.7 Å². The molecule has 4 heteroatoms. The SMILES string of the molecule is CC(C)(C)[Si](OC1CCCCn2nccc2C1)(c1ccccc1)c1ccccc1. The third-order valence-electron chi connectivity index (χ3n) is 6.15. The van der Waals surface area contributed by atoms with Crippen LogP contribution in [-0.2, 0) is 17.4 Å². The van der Waals surface area contributed by atoms with E-state index in [1.165, 1.54) is 22.5 Å². The normalized spacial score (nSPS) is 18.0. The Kier molecular flexibility index (Phi) is 5.75. The third kappa shape index (κ3) is 3.96. The van der Waals surface area contributed by atoms with Crippen LogP contribution in [0.3, 0.4) is 0 Å². The zero-order chi connectivity index (χ0) is 20.3. The molecule has 0 saturated heterocycles. The lowest BCUT2D eigenvalue weighted by atomic mass is 10.1. The molecular formula is C25H32N2OSi. The second kappa shape index (κ2) is 8.29. The van der Waals surface area contributed by atoms with E-state index in [0.717, 1.165) is 25.8 Å². The van der Waals surface area contributed by atoms with Gasteiger partial charge in [0, 0.05) is 24.9 Å². The first-order chi connectivity index (χ1) is 14.0. The van der Waals surface area contributed by atoms with Crippen LogP contribution in [0.2, 0.25) is 5.04 Å². The highest BCUT2D eigenvalue weighted by molar-refractivity contribution is 6.99. The van der Waals surface area contributed by atoms with Crippen molar-refractivity contribution in [2.75, 3.05) is 0 Å². The summed E-state index contributed by atoms with van der Waals surface area (Å²) in [7, 11) is -2.51. The molecule has 4 rings (SSSR count). The van der Waals surface area contributed by atoms with Crippen molar-refractivity contribution < 1.29 is 4.43 Å². The number of fused-ring (bicyclic) bond motifs is 1. The highest BCUT2D eigenvalue weighted by Crippen LogP contribution is 2.38. The minimum atomic E-state index is -2.51. The molecule has 152 valence electrons. The number of aryl methyl sites for hydroxylation is 1. The smallest absolute Gasteiger partial charge is 0.261 e. The molecule has 0 radical (unpaired) electrons. The maximum atomic E-state index is 7.38. The fraction of sp³-hybridized carbons (Fsp3) is 0.400. The summed E-state index contributed by atoms with van der Waals surface area (Å²) in [4.78, 5) is 0. The third-order valence-corrected chi connectivity index (χ3v) is 11.2. The lowest BCUT2D eigenvalue weighted by Gasteiger charge is -2.45. The Bertz CT molecular complexity index is 875. The highest BCUT2D eigenvalue weighted by Gasteiger charge is 2.51. The second-order valence-electron chi connectivity index (χ2n) is 9.15. The van der Waals surface area contributed by atoms with E-state index in [4.69, 9.17) is 4.43 Å². The van der Waals surface area contributed by atoms with Crippen molar-refractivity contribution in [3.8, 4) is 0 Å². The van der Waals surface area contributed by atoms with E-state index in [0.29, 0.717) is 0 Å². The van der Waals surface area contributed by atoms with Crippen LogP contribution in [0.25, 0.3) is 0 Å². The van der Waals surface area contributed by atoms with Crippen molar-refractivity contribution in [1.29, 1.82) is 0 Å². The molecule has 2 heterocycles. The molecular weight excluding hydrogens is 372 g/mol. The highest BCUT2D eigenvalue weighted by atomic mass is 28.4. The Hall–Kier alpha value is -2.17. The number of hydrogen-bond acceptors (Lipinski definition) is 2. The van der Waals surface area contributed by atoms with Crippen molar-refractivity contribution in [3.63, 3.8) is 0 Å². The summed E-state index contributed by atoms with van der Waals surface area (Å²) >= 11 is 0. The van der Waals surface area contributed by atoms with E-state index in [1.807, 2.05) is 6.20 Å². The van der Waals surface area contributed by atoms with Gasteiger partial charge in [0.15, 0.2) is 0 Å². The summed E-state index contributed by atoms with van der Waals surface area (Å²) < 4.78 is 9.54. The zero-order valence-electron chi connectivity index (χ0n) is 17.8. The van der Waals surface area contributed by atoms with E-state index in [-0.39, 0.29) is 11.1 Å². The van der Waals surface area contributed by atoms with E-state index in [9.17, 15) is 0 Å². The van der Waals surface area contributed by atoms with Gasteiger partial charge in [-0.3, -0.25) is 4.68 Å². The van der Waals surface area contributed by atoms with E-state index >= 15 is 0 Å². The molecule has 1 atom stereocenters. The van der Waals surface area contributed by atoms with Gasteiger partial charge in [-0.1, -0.05) is 81.4 Å². The van der Waals surface area contributed by atoms with Crippen LogP contribution in [0, 0.1) is 0 Å². The molecule has 0 N–H and O–H groups in total. The average Bonchev–Trinajstić information content (AvgIpc) is 3.13. The van der Waals surface area contributed by atoms with E-state index in [2.05, 4.69) is 97.3 Å². The number of aromatic nitrogens is 2. The molecule has 0 amide bonds. The number of rotatable bonds is 4. The lowest BCUT2D eigenvalue weighted by Crippen LogP contribution is -2.67. The fourth-order valence-electron chi connectivity index (χ4n) is 4.75. The van der Waals surface area contributed by atoms with Crippen LogP contribution in [0.5, 0.6) is 0 Å². The number of nitrogens with zero attached hydrogens (tertiary/aromatic N) is 2. The summed E-state index contributed by atoms with van der Waals surface area (Å²) in [5.41, 5.74) is 1.30. The van der Waals surface area contributed by atoms with Crippen LogP contribution in [0.15, 0.2) is 72.9 Å². The van der Waals surface area contributed by atoms with Gasteiger partial charge in [0.1, 0.15) is 0 Å². The molecule has 3 aromatic rings. The van der Waals surface area contributed by atoms with E-state index < -0.39 is 8.32 Å². The predicted octanol–water partition coefficient (Wildman–Crippen LogP) is 4.55. The standard InChI is InChI=1S/C25H32N2OSi/c1-25(2,3)29(23-13-6-4-7-14-23,24-15-8-5-9-16-24)28-22-12-10-11-19-27-21(20-22)17-18-26-27/h4-9,13-18,22H,10-12,19-20H2,1-3H3. The quantitative estimate of drug-likeness (QED) is 0.596. The first-order valence-corrected chi connectivity index (χ1v) is 12.7. The Morgan fingerprint density at radius 1 is 0.897 bits per heavy atom. The number of hydrogen-bond donors (Lipinski definition) is 0. The summed E-state index contributed by atoms with van der Waals surface area (Å²) in [5, 5.41) is 7.25. The van der Waals surface area contributed by atoms with Gasteiger partial charge in [0.2, 0.25) is 0 Å². The molecule has 1 unspecified atom stereocenters. The van der Waals surface area contributed by atoms with Gasteiger partial charge in [-0.2, -0.15) is 5.10 Å². The van der Waals surface area contributed by atoms with Crippen LogP contribution in [0.4, 0.5) is 0 Å². The molecule has 2 aromatic carbocycles. The van der Waals surface area contributed by atoms with Crippen molar-refractivity contribution >= 4 is 18.7 Å². The molecule has 0 saturated carbocycles. The Labute approximate surface area is 175 Å². The fourth-order valence-corrected chi connectivity index (χ4v) is 9.46. The van der Waals surface area contributed by atoms with Gasteiger partial charge < -0.3 is 4.43 Å². The van der Waals surface area contributed by atoms with Crippen molar-refractivity contribution in [2.24, 2.45) is 0 Å². The lowest BCUT2D eigenvalue weighted by molar-refractivity contribution is 0.165. The second-order valence-corrected chi connectivity index (χ2v) is 13.4. The van der Waals surface area contributed by atoms with Crippen molar-refractivity contribution in [2.45, 2.75) is 64.1 Å². The molecule has 1 aliphatic heterocycles. The molecule has 0 fully saturated rings. The number of benzene rings is 2. The first-order valence-electron chi connectivity index (χ1n) is 10.8. The zero-order valence-corrected chi connectivity index (χ0v) is 18.8. The summed E-state index contributed by atoms with van der Waals surface area (Å²) in [6, 6.07) is 24.1. The molecule has 29 heavy (non-hydrogen) atoms. The van der Waals surface area contributed by atoms with Crippen LogP contribution in [-0.4, -0.2) is 24.2 Å². The topological polar surface area (TPSA) is 27.1 Å². The maximum Gasteiger partial charge on any atom is 0.261 e.